The molecule has 0 aromatic heterocycles. The molecule has 0 saturated heterocycles. The molecule has 0 aliphatic rings. The second kappa shape index (κ2) is 30.5. The average molecular weight is 539 g/mol. The number of hydrogen-bond donors (Lipinski definition) is 1. The molecule has 0 saturated carbocycles. The van der Waals surface area contributed by atoms with Crippen LogP contribution >= 0.6 is 0 Å². The Labute approximate surface area is 237 Å². The van der Waals surface area contributed by atoms with Crippen LogP contribution in [0.1, 0.15) is 200 Å². The molecule has 0 radical (unpaired) electrons. The van der Waals surface area contributed by atoms with Crippen molar-refractivity contribution in [2.45, 2.75) is 206 Å². The summed E-state index contributed by atoms with van der Waals surface area (Å²) in [7, 11) is 0. The number of rotatable bonds is 31. The zero-order valence-corrected chi connectivity index (χ0v) is 25.8. The number of aliphatic carboxylic acids is 1. The molecule has 1 unspecified atom stereocenters. The first-order valence-corrected chi connectivity index (χ1v) is 17.0. The van der Waals surface area contributed by atoms with Gasteiger partial charge in [-0.1, -0.05) is 149 Å². The van der Waals surface area contributed by atoms with Crippen molar-refractivity contribution in [3.63, 3.8) is 0 Å². The minimum Gasteiger partial charge on any atom is -0.481 e. The summed E-state index contributed by atoms with van der Waals surface area (Å²) in [5.74, 6) is -0.698. The predicted molar refractivity (Wildman–Crippen MR) is 163 cm³/mol. The standard InChI is InChI=1S/C34H66O4/c1-3-5-7-9-11-12-13-14-15-16-17-18-23-27-31-34(37)38-32(28-24-20-10-8-6-4-2)29-25-21-19-22-26-30-33(35)36/h32H,3-31H2,1-2H3,(H,35,36). The number of ether oxygens (including phenoxy) is 1. The van der Waals surface area contributed by atoms with Crippen molar-refractivity contribution in [1.29, 1.82) is 0 Å². The van der Waals surface area contributed by atoms with E-state index in [4.69, 9.17) is 9.84 Å². The fourth-order valence-corrected chi connectivity index (χ4v) is 5.30. The number of carbonyl (C=O) groups excluding carboxylic acids is 1. The summed E-state index contributed by atoms with van der Waals surface area (Å²) in [6.07, 6.45) is 34.0. The van der Waals surface area contributed by atoms with Gasteiger partial charge in [0.25, 0.3) is 0 Å². The molecule has 0 rings (SSSR count). The Morgan fingerprint density at radius 3 is 1.16 bits per heavy atom. The molecule has 0 amide bonds. The second-order valence-electron chi connectivity index (χ2n) is 11.7. The number of carbonyl (C=O) groups is 2. The van der Waals surface area contributed by atoms with E-state index in [0.29, 0.717) is 6.42 Å². The first kappa shape index (κ1) is 36.9. The highest BCUT2D eigenvalue weighted by molar-refractivity contribution is 5.69. The van der Waals surface area contributed by atoms with Gasteiger partial charge in [0, 0.05) is 12.8 Å². The molecule has 4 heteroatoms. The molecule has 0 aromatic carbocycles. The van der Waals surface area contributed by atoms with Crippen LogP contribution in [0.4, 0.5) is 0 Å². The van der Waals surface area contributed by atoms with Crippen molar-refractivity contribution in [2.75, 3.05) is 0 Å². The highest BCUT2D eigenvalue weighted by Gasteiger charge is 2.14. The van der Waals surface area contributed by atoms with Crippen LogP contribution in [0.2, 0.25) is 0 Å². The zero-order chi connectivity index (χ0) is 27.9. The lowest BCUT2D eigenvalue weighted by molar-refractivity contribution is -0.150. The molecular weight excluding hydrogens is 472 g/mol. The van der Waals surface area contributed by atoms with Crippen molar-refractivity contribution >= 4 is 11.9 Å². The topological polar surface area (TPSA) is 63.6 Å². The summed E-state index contributed by atoms with van der Waals surface area (Å²) >= 11 is 0. The monoisotopic (exact) mass is 538 g/mol. The molecule has 38 heavy (non-hydrogen) atoms. The van der Waals surface area contributed by atoms with Gasteiger partial charge in [0.2, 0.25) is 0 Å². The Morgan fingerprint density at radius 2 is 0.789 bits per heavy atom. The molecule has 0 aromatic rings. The van der Waals surface area contributed by atoms with E-state index in [1.807, 2.05) is 0 Å². The lowest BCUT2D eigenvalue weighted by Crippen LogP contribution is -2.18. The third-order valence-corrected chi connectivity index (χ3v) is 7.83. The lowest BCUT2D eigenvalue weighted by atomic mass is 10.0. The lowest BCUT2D eigenvalue weighted by Gasteiger charge is -2.18. The molecule has 4 nitrogen and oxygen atoms in total. The minimum absolute atomic E-state index is 0.00128. The number of esters is 1. The summed E-state index contributed by atoms with van der Waals surface area (Å²) in [6.45, 7) is 4.52. The normalized spacial score (nSPS) is 12.1. The molecule has 0 aliphatic heterocycles. The highest BCUT2D eigenvalue weighted by Crippen LogP contribution is 2.18. The number of carboxylic acids is 1. The van der Waals surface area contributed by atoms with Crippen molar-refractivity contribution in [3.8, 4) is 0 Å². The van der Waals surface area contributed by atoms with E-state index < -0.39 is 5.97 Å². The predicted octanol–water partition coefficient (Wildman–Crippen LogP) is 11.3. The Kier molecular flexibility index (Phi) is 29.6. The Balaban J connectivity index is 3.88. The van der Waals surface area contributed by atoms with Crippen LogP contribution in [0, 0.1) is 0 Å². The van der Waals surface area contributed by atoms with Crippen LogP contribution in [0.5, 0.6) is 0 Å². The van der Waals surface area contributed by atoms with Crippen LogP contribution in [0.15, 0.2) is 0 Å². The van der Waals surface area contributed by atoms with Crippen molar-refractivity contribution in [3.05, 3.63) is 0 Å². The Bertz CT molecular complexity index is 505. The Hall–Kier alpha value is -1.06. The zero-order valence-electron chi connectivity index (χ0n) is 25.8. The smallest absolute Gasteiger partial charge is 0.306 e. The van der Waals surface area contributed by atoms with Gasteiger partial charge in [-0.15, -0.1) is 0 Å². The van der Waals surface area contributed by atoms with Crippen LogP contribution in [-0.2, 0) is 14.3 Å². The summed E-state index contributed by atoms with van der Waals surface area (Å²) in [4.78, 5) is 23.1. The van der Waals surface area contributed by atoms with Gasteiger partial charge in [-0.2, -0.15) is 0 Å². The molecule has 226 valence electrons. The van der Waals surface area contributed by atoms with Gasteiger partial charge in [-0.05, 0) is 38.5 Å². The third kappa shape index (κ3) is 29.5. The van der Waals surface area contributed by atoms with Gasteiger partial charge >= 0.3 is 11.9 Å². The maximum absolute atomic E-state index is 12.5. The SMILES string of the molecule is CCCCCCCCCCCCCCCCC(=O)OC(CCCCCCCC)CCCCCCCC(=O)O. The van der Waals surface area contributed by atoms with Gasteiger partial charge in [-0.25, -0.2) is 0 Å². The summed E-state index contributed by atoms with van der Waals surface area (Å²) in [5.41, 5.74) is 0. The van der Waals surface area contributed by atoms with Crippen LogP contribution in [0.3, 0.4) is 0 Å². The number of hydrogen-bond acceptors (Lipinski definition) is 3. The van der Waals surface area contributed by atoms with E-state index in [1.165, 1.54) is 109 Å². The van der Waals surface area contributed by atoms with E-state index in [0.717, 1.165) is 64.2 Å². The summed E-state index contributed by atoms with van der Waals surface area (Å²) in [5, 5.41) is 8.75. The minimum atomic E-state index is -0.699. The van der Waals surface area contributed by atoms with E-state index in [1.54, 1.807) is 0 Å². The first-order chi connectivity index (χ1) is 18.6. The van der Waals surface area contributed by atoms with Gasteiger partial charge in [0.1, 0.15) is 6.10 Å². The fourth-order valence-electron chi connectivity index (χ4n) is 5.30. The van der Waals surface area contributed by atoms with Crippen molar-refractivity contribution in [1.82, 2.24) is 0 Å². The molecule has 0 bridgehead atoms. The first-order valence-electron chi connectivity index (χ1n) is 17.0. The van der Waals surface area contributed by atoms with E-state index in [2.05, 4.69) is 13.8 Å². The Morgan fingerprint density at radius 1 is 0.474 bits per heavy atom. The van der Waals surface area contributed by atoms with Gasteiger partial charge in [0.15, 0.2) is 0 Å². The molecule has 0 aliphatic carbocycles. The number of carboxylic acid groups (broad SMARTS) is 1. The quantitative estimate of drug-likeness (QED) is 0.0704. The van der Waals surface area contributed by atoms with Gasteiger partial charge < -0.3 is 9.84 Å². The number of unbranched alkanes of at least 4 members (excludes halogenated alkanes) is 22. The van der Waals surface area contributed by atoms with Crippen molar-refractivity contribution < 1.29 is 19.4 Å². The summed E-state index contributed by atoms with van der Waals surface area (Å²) < 4.78 is 5.93. The van der Waals surface area contributed by atoms with Crippen LogP contribution in [0.25, 0.3) is 0 Å². The molecule has 0 heterocycles. The van der Waals surface area contributed by atoms with E-state index >= 15 is 0 Å². The van der Waals surface area contributed by atoms with Crippen LogP contribution in [-0.4, -0.2) is 23.1 Å². The largest absolute Gasteiger partial charge is 0.481 e. The summed E-state index contributed by atoms with van der Waals surface area (Å²) in [6, 6.07) is 0. The van der Waals surface area contributed by atoms with Crippen LogP contribution < -0.4 is 0 Å². The fraction of sp³-hybridized carbons (Fsp3) is 0.941. The second-order valence-corrected chi connectivity index (χ2v) is 11.7. The molecule has 1 atom stereocenters. The molecule has 0 fully saturated rings. The van der Waals surface area contributed by atoms with Crippen molar-refractivity contribution in [2.24, 2.45) is 0 Å². The maximum atomic E-state index is 12.5. The maximum Gasteiger partial charge on any atom is 0.306 e. The molecule has 1 N–H and O–H groups in total. The third-order valence-electron chi connectivity index (χ3n) is 7.83. The molecular formula is C34H66O4. The van der Waals surface area contributed by atoms with E-state index in [9.17, 15) is 9.59 Å². The van der Waals surface area contributed by atoms with Gasteiger partial charge in [-0.3, -0.25) is 9.59 Å². The highest BCUT2D eigenvalue weighted by atomic mass is 16.5. The molecule has 0 spiro atoms. The average Bonchev–Trinajstić information content (AvgIpc) is 2.89. The van der Waals surface area contributed by atoms with Gasteiger partial charge in [0.05, 0.1) is 0 Å². The van der Waals surface area contributed by atoms with E-state index in [-0.39, 0.29) is 18.5 Å².